The molecule has 2 aromatic carbocycles. The van der Waals surface area contributed by atoms with Crippen molar-refractivity contribution in [1.82, 2.24) is 5.32 Å². The summed E-state index contributed by atoms with van der Waals surface area (Å²) < 4.78 is 2.03. The lowest BCUT2D eigenvalue weighted by atomic mass is 10.1. The highest BCUT2D eigenvalue weighted by molar-refractivity contribution is 5.93. The molecule has 0 fully saturated rings. The Bertz CT molecular complexity index is 800. The van der Waals surface area contributed by atoms with Gasteiger partial charge >= 0.3 is 0 Å². The fourth-order valence-corrected chi connectivity index (χ4v) is 2.65. The summed E-state index contributed by atoms with van der Waals surface area (Å²) in [5.41, 5.74) is 2.97. The predicted molar refractivity (Wildman–Crippen MR) is 94.5 cm³/mol. The molecule has 0 bridgehead atoms. The number of amides is 1. The lowest BCUT2D eigenvalue weighted by Crippen LogP contribution is -2.36. The van der Waals surface area contributed by atoms with Gasteiger partial charge in [0.1, 0.15) is 5.56 Å². The Balaban J connectivity index is 1.70. The summed E-state index contributed by atoms with van der Waals surface area (Å²) in [5.74, 6) is -0.0613. The van der Waals surface area contributed by atoms with Crippen LogP contribution in [-0.4, -0.2) is 5.91 Å². The van der Waals surface area contributed by atoms with Crippen LogP contribution < -0.4 is 9.88 Å². The van der Waals surface area contributed by atoms with Crippen LogP contribution >= 0.6 is 0 Å². The van der Waals surface area contributed by atoms with Gasteiger partial charge in [-0.1, -0.05) is 60.7 Å². The average molecular weight is 317 g/mol. The second-order valence-electron chi connectivity index (χ2n) is 5.86. The molecule has 0 saturated heterocycles. The lowest BCUT2D eigenvalue weighted by Gasteiger charge is -2.13. The largest absolute Gasteiger partial charge is 0.345 e. The van der Waals surface area contributed by atoms with Gasteiger partial charge in [0.15, 0.2) is 18.9 Å². The van der Waals surface area contributed by atoms with Crippen molar-refractivity contribution in [2.24, 2.45) is 0 Å². The van der Waals surface area contributed by atoms with Crippen LogP contribution in [0.25, 0.3) is 0 Å². The molecule has 1 atom stereocenters. The number of pyridine rings is 1. The van der Waals surface area contributed by atoms with Crippen molar-refractivity contribution < 1.29 is 9.36 Å². The Labute approximate surface area is 142 Å². The maximum atomic E-state index is 12.5. The third-order valence-corrected chi connectivity index (χ3v) is 3.98. The first-order valence-corrected chi connectivity index (χ1v) is 8.11. The zero-order chi connectivity index (χ0) is 16.8. The van der Waals surface area contributed by atoms with Crippen molar-refractivity contribution in [3.63, 3.8) is 0 Å². The summed E-state index contributed by atoms with van der Waals surface area (Å²) >= 11 is 0. The van der Waals surface area contributed by atoms with Gasteiger partial charge in [0.05, 0.1) is 6.04 Å². The summed E-state index contributed by atoms with van der Waals surface area (Å²) in [6.45, 7) is 2.74. The van der Waals surface area contributed by atoms with E-state index in [9.17, 15) is 4.79 Å². The normalized spacial score (nSPS) is 11.7. The molecule has 1 heterocycles. The summed E-state index contributed by atoms with van der Waals surface area (Å²) in [4.78, 5) is 12.5. The molecule has 120 valence electrons. The third kappa shape index (κ3) is 4.07. The highest BCUT2D eigenvalue weighted by atomic mass is 16.1. The van der Waals surface area contributed by atoms with Gasteiger partial charge in [0.2, 0.25) is 0 Å². The molecule has 3 nitrogen and oxygen atoms in total. The molecule has 0 unspecified atom stereocenters. The Morgan fingerprint density at radius 1 is 0.958 bits per heavy atom. The predicted octanol–water partition coefficient (Wildman–Crippen LogP) is 3.51. The van der Waals surface area contributed by atoms with Gasteiger partial charge < -0.3 is 5.32 Å². The number of nitrogens with one attached hydrogen (secondary N) is 1. The van der Waals surface area contributed by atoms with Gasteiger partial charge in [-0.3, -0.25) is 4.79 Å². The van der Waals surface area contributed by atoms with Crippen molar-refractivity contribution in [2.75, 3.05) is 0 Å². The zero-order valence-corrected chi connectivity index (χ0v) is 13.7. The molecule has 3 aromatic rings. The van der Waals surface area contributed by atoms with E-state index in [0.717, 1.165) is 12.1 Å². The second-order valence-corrected chi connectivity index (χ2v) is 5.86. The number of hydrogen-bond acceptors (Lipinski definition) is 1. The molecule has 0 saturated carbocycles. The van der Waals surface area contributed by atoms with Crippen molar-refractivity contribution in [3.05, 3.63) is 102 Å². The molecule has 24 heavy (non-hydrogen) atoms. The smallest absolute Gasteiger partial charge is 0.257 e. The van der Waals surface area contributed by atoms with Gasteiger partial charge in [0, 0.05) is 11.6 Å². The molecule has 1 amide bonds. The number of hydrogen-bond donors (Lipinski definition) is 1. The minimum Gasteiger partial charge on any atom is -0.345 e. The van der Waals surface area contributed by atoms with E-state index < -0.39 is 0 Å². The number of aromatic nitrogens is 1. The van der Waals surface area contributed by atoms with E-state index in [1.54, 1.807) is 0 Å². The summed E-state index contributed by atoms with van der Waals surface area (Å²) in [5, 5.41) is 3.05. The number of carbonyl (C=O) groups excluding carboxylic acids is 1. The fourth-order valence-electron chi connectivity index (χ4n) is 2.65. The molecule has 0 radical (unpaired) electrons. The van der Waals surface area contributed by atoms with Crippen LogP contribution in [0.5, 0.6) is 0 Å². The quantitative estimate of drug-likeness (QED) is 0.718. The van der Waals surface area contributed by atoms with Gasteiger partial charge in [0.25, 0.3) is 5.91 Å². The maximum Gasteiger partial charge on any atom is 0.257 e. The number of carbonyl (C=O) groups is 1. The molecule has 0 aliphatic carbocycles. The van der Waals surface area contributed by atoms with Crippen LogP contribution in [0.15, 0.2) is 85.2 Å². The number of nitrogens with zero attached hydrogens (tertiary/aromatic N) is 1. The van der Waals surface area contributed by atoms with E-state index in [2.05, 4.69) is 17.4 Å². The molecular formula is C21H21N2O+. The van der Waals surface area contributed by atoms with E-state index in [1.807, 2.05) is 84.5 Å². The first-order chi connectivity index (χ1) is 11.7. The van der Waals surface area contributed by atoms with Crippen molar-refractivity contribution in [1.29, 1.82) is 0 Å². The topological polar surface area (TPSA) is 33.0 Å². The molecule has 0 aliphatic rings. The number of rotatable bonds is 5. The van der Waals surface area contributed by atoms with E-state index in [4.69, 9.17) is 0 Å². The Kier molecular flexibility index (Phi) is 5.02. The molecule has 0 spiro atoms. The number of benzene rings is 2. The molecular weight excluding hydrogens is 296 g/mol. The summed E-state index contributed by atoms with van der Waals surface area (Å²) in [6.07, 6.45) is 3.87. The summed E-state index contributed by atoms with van der Waals surface area (Å²) in [7, 11) is 0. The third-order valence-electron chi connectivity index (χ3n) is 3.98. The fraction of sp³-hybridized carbons (Fsp3) is 0.143. The minimum absolute atomic E-state index is 0.0264. The molecule has 1 N–H and O–H groups in total. The van der Waals surface area contributed by atoms with Gasteiger partial charge in [-0.2, -0.15) is 4.57 Å². The van der Waals surface area contributed by atoms with Crippen molar-refractivity contribution in [2.45, 2.75) is 19.5 Å². The van der Waals surface area contributed by atoms with Crippen LogP contribution in [0.2, 0.25) is 0 Å². The molecule has 1 aromatic heterocycles. The van der Waals surface area contributed by atoms with Crippen molar-refractivity contribution >= 4 is 5.91 Å². The van der Waals surface area contributed by atoms with E-state index in [-0.39, 0.29) is 11.9 Å². The van der Waals surface area contributed by atoms with Crippen molar-refractivity contribution in [3.8, 4) is 0 Å². The molecule has 0 aliphatic heterocycles. The van der Waals surface area contributed by atoms with Crippen LogP contribution in [0, 0.1) is 0 Å². The zero-order valence-electron chi connectivity index (χ0n) is 13.7. The maximum absolute atomic E-state index is 12.5. The molecule has 3 heteroatoms. The highest BCUT2D eigenvalue weighted by Crippen LogP contribution is 2.12. The Hall–Kier alpha value is -2.94. The van der Waals surface area contributed by atoms with Crippen LogP contribution in [0.1, 0.15) is 34.5 Å². The second kappa shape index (κ2) is 7.55. The summed E-state index contributed by atoms with van der Waals surface area (Å²) in [6, 6.07) is 23.9. The van der Waals surface area contributed by atoms with Crippen LogP contribution in [0.4, 0.5) is 0 Å². The first-order valence-electron chi connectivity index (χ1n) is 8.11. The molecule has 3 rings (SSSR count). The van der Waals surface area contributed by atoms with E-state index in [1.165, 1.54) is 5.56 Å². The SMILES string of the molecule is C[C@@H](NC(=O)c1ccc[n+](Cc2ccccc2)c1)c1ccccc1. The van der Waals surface area contributed by atoms with Gasteiger partial charge in [-0.25, -0.2) is 0 Å². The lowest BCUT2D eigenvalue weighted by molar-refractivity contribution is -0.688. The van der Waals surface area contributed by atoms with Gasteiger partial charge in [-0.15, -0.1) is 0 Å². The van der Waals surface area contributed by atoms with E-state index >= 15 is 0 Å². The van der Waals surface area contributed by atoms with Gasteiger partial charge in [-0.05, 0) is 18.6 Å². The van der Waals surface area contributed by atoms with Crippen LogP contribution in [-0.2, 0) is 6.54 Å². The van der Waals surface area contributed by atoms with E-state index in [0.29, 0.717) is 5.56 Å². The highest BCUT2D eigenvalue weighted by Gasteiger charge is 2.14. The average Bonchev–Trinajstić information content (AvgIpc) is 2.63. The minimum atomic E-state index is -0.0613. The first kappa shape index (κ1) is 15.9. The standard InChI is InChI=1S/C21H20N2O/c1-17(19-11-6-3-7-12-19)22-21(24)20-13-8-14-23(16-20)15-18-9-4-2-5-10-18/h2-14,16-17H,15H2,1H3/p+1/t17-/m1/s1. The Morgan fingerprint density at radius 3 is 2.33 bits per heavy atom. The monoisotopic (exact) mass is 317 g/mol. The van der Waals surface area contributed by atoms with Crippen LogP contribution in [0.3, 0.4) is 0 Å². The Morgan fingerprint density at radius 2 is 1.62 bits per heavy atom.